The summed E-state index contributed by atoms with van der Waals surface area (Å²) in [5, 5.41) is 12.0. The van der Waals surface area contributed by atoms with Crippen LogP contribution in [0, 0.1) is 11.3 Å². The van der Waals surface area contributed by atoms with E-state index in [1.807, 2.05) is 30.3 Å². The van der Waals surface area contributed by atoms with Crippen LogP contribution in [0.2, 0.25) is 0 Å². The van der Waals surface area contributed by atoms with Gasteiger partial charge in [0, 0.05) is 21.8 Å². The molecule has 3 aromatic rings. The largest absolute Gasteiger partial charge is 0.497 e. The number of ether oxygens (including phenoxy) is 1. The third-order valence-corrected chi connectivity index (χ3v) is 4.28. The number of hydrogen-bond donors (Lipinski definition) is 1. The molecule has 134 valence electrons. The van der Waals surface area contributed by atoms with E-state index in [2.05, 4.69) is 21.2 Å². The molecule has 0 atom stereocenters. The number of nitrogens with one attached hydrogen (secondary N) is 1. The summed E-state index contributed by atoms with van der Waals surface area (Å²) in [7, 11) is 1.57. The molecule has 0 saturated carbocycles. The summed E-state index contributed by atoms with van der Waals surface area (Å²) in [6.45, 7) is 0. The molecule has 0 aliphatic heterocycles. The zero-order valence-corrected chi connectivity index (χ0v) is 16.0. The average molecular weight is 423 g/mol. The van der Waals surface area contributed by atoms with Crippen molar-refractivity contribution in [1.29, 1.82) is 5.26 Å². The van der Waals surface area contributed by atoms with Gasteiger partial charge in [-0.15, -0.1) is 0 Å². The SMILES string of the molecule is COc1ccc(NC(=O)/C(C#N)=C/c2ccc(-c3ccc(Br)cc3)o2)cc1. The van der Waals surface area contributed by atoms with Gasteiger partial charge in [-0.25, -0.2) is 0 Å². The number of nitrogens with zero attached hydrogens (tertiary/aromatic N) is 1. The fourth-order valence-electron chi connectivity index (χ4n) is 2.36. The fraction of sp³-hybridized carbons (Fsp3) is 0.0476. The van der Waals surface area contributed by atoms with Crippen LogP contribution in [0.25, 0.3) is 17.4 Å². The number of benzene rings is 2. The van der Waals surface area contributed by atoms with Crippen molar-refractivity contribution in [2.75, 3.05) is 12.4 Å². The van der Waals surface area contributed by atoms with Gasteiger partial charge in [0.2, 0.25) is 0 Å². The van der Waals surface area contributed by atoms with E-state index in [4.69, 9.17) is 9.15 Å². The van der Waals surface area contributed by atoms with Crippen LogP contribution < -0.4 is 10.1 Å². The molecule has 1 aromatic heterocycles. The first-order chi connectivity index (χ1) is 13.1. The maximum absolute atomic E-state index is 12.3. The van der Waals surface area contributed by atoms with Gasteiger partial charge in [0.05, 0.1) is 7.11 Å². The van der Waals surface area contributed by atoms with Crippen LogP contribution in [-0.4, -0.2) is 13.0 Å². The number of hydrogen-bond acceptors (Lipinski definition) is 4. The molecule has 1 N–H and O–H groups in total. The van der Waals surface area contributed by atoms with Gasteiger partial charge < -0.3 is 14.5 Å². The third kappa shape index (κ3) is 4.66. The van der Waals surface area contributed by atoms with Crippen LogP contribution in [0.1, 0.15) is 5.76 Å². The van der Waals surface area contributed by atoms with Crippen molar-refractivity contribution >= 4 is 33.6 Å². The normalized spacial score (nSPS) is 10.9. The molecule has 5 nitrogen and oxygen atoms in total. The van der Waals surface area contributed by atoms with Gasteiger partial charge in [0.1, 0.15) is 28.9 Å². The third-order valence-electron chi connectivity index (χ3n) is 3.76. The van der Waals surface area contributed by atoms with Gasteiger partial charge in [0.25, 0.3) is 5.91 Å². The van der Waals surface area contributed by atoms with Crippen molar-refractivity contribution in [3.8, 4) is 23.1 Å². The van der Waals surface area contributed by atoms with Gasteiger partial charge in [0.15, 0.2) is 0 Å². The number of carbonyl (C=O) groups excluding carboxylic acids is 1. The summed E-state index contributed by atoms with van der Waals surface area (Å²) in [5.74, 6) is 1.25. The summed E-state index contributed by atoms with van der Waals surface area (Å²) in [6.07, 6.45) is 1.42. The molecule has 1 amide bonds. The lowest BCUT2D eigenvalue weighted by Crippen LogP contribution is -2.13. The molecular formula is C21H15BrN2O3. The van der Waals surface area contributed by atoms with E-state index in [-0.39, 0.29) is 5.57 Å². The van der Waals surface area contributed by atoms with Crippen LogP contribution in [0.15, 0.2) is 75.1 Å². The van der Waals surface area contributed by atoms with Crippen LogP contribution in [0.5, 0.6) is 5.75 Å². The summed E-state index contributed by atoms with van der Waals surface area (Å²) in [5.41, 5.74) is 1.42. The van der Waals surface area contributed by atoms with Gasteiger partial charge >= 0.3 is 0 Å². The molecule has 0 bridgehead atoms. The molecule has 6 heteroatoms. The Bertz CT molecular complexity index is 1010. The van der Waals surface area contributed by atoms with Gasteiger partial charge in [-0.05, 0) is 48.5 Å². The number of carbonyl (C=O) groups is 1. The topological polar surface area (TPSA) is 75.3 Å². The first-order valence-electron chi connectivity index (χ1n) is 8.02. The molecule has 3 rings (SSSR count). The zero-order chi connectivity index (χ0) is 19.2. The lowest BCUT2D eigenvalue weighted by molar-refractivity contribution is -0.112. The predicted octanol–water partition coefficient (Wildman–Crippen LogP) is 5.26. The van der Waals surface area contributed by atoms with E-state index in [9.17, 15) is 10.1 Å². The van der Waals surface area contributed by atoms with E-state index in [1.165, 1.54) is 6.08 Å². The van der Waals surface area contributed by atoms with E-state index in [0.717, 1.165) is 10.0 Å². The van der Waals surface area contributed by atoms with Crippen LogP contribution in [-0.2, 0) is 4.79 Å². The summed E-state index contributed by atoms with van der Waals surface area (Å²) < 4.78 is 11.8. The summed E-state index contributed by atoms with van der Waals surface area (Å²) >= 11 is 3.39. The second kappa shape index (κ2) is 8.39. The highest BCUT2D eigenvalue weighted by atomic mass is 79.9. The highest BCUT2D eigenvalue weighted by molar-refractivity contribution is 9.10. The molecule has 2 aromatic carbocycles. The van der Waals surface area contributed by atoms with Crippen molar-refractivity contribution in [2.45, 2.75) is 0 Å². The molecule has 0 aliphatic rings. The minimum atomic E-state index is -0.510. The lowest BCUT2D eigenvalue weighted by Gasteiger charge is -2.05. The monoisotopic (exact) mass is 422 g/mol. The number of methoxy groups -OCH3 is 1. The molecule has 0 fully saturated rings. The Hall–Kier alpha value is -3.30. The molecule has 0 radical (unpaired) electrons. The Balaban J connectivity index is 1.76. The highest BCUT2D eigenvalue weighted by Gasteiger charge is 2.11. The van der Waals surface area contributed by atoms with Crippen molar-refractivity contribution < 1.29 is 13.9 Å². The van der Waals surface area contributed by atoms with Crippen molar-refractivity contribution in [3.63, 3.8) is 0 Å². The first kappa shape index (κ1) is 18.5. The number of rotatable bonds is 5. The molecule has 0 unspecified atom stereocenters. The van der Waals surface area contributed by atoms with Crippen LogP contribution >= 0.6 is 15.9 Å². The Morgan fingerprint density at radius 1 is 1.11 bits per heavy atom. The predicted molar refractivity (Wildman–Crippen MR) is 107 cm³/mol. The summed E-state index contributed by atoms with van der Waals surface area (Å²) in [4.78, 5) is 12.3. The molecule has 27 heavy (non-hydrogen) atoms. The number of halogens is 1. The number of furan rings is 1. The fourth-order valence-corrected chi connectivity index (χ4v) is 2.63. The number of anilines is 1. The first-order valence-corrected chi connectivity index (χ1v) is 8.81. The van der Waals surface area contributed by atoms with Crippen LogP contribution in [0.4, 0.5) is 5.69 Å². The van der Waals surface area contributed by atoms with E-state index in [0.29, 0.717) is 23.0 Å². The van der Waals surface area contributed by atoms with Crippen molar-refractivity contribution in [3.05, 3.63) is 76.5 Å². The van der Waals surface area contributed by atoms with Crippen molar-refractivity contribution in [1.82, 2.24) is 0 Å². The number of nitriles is 1. The van der Waals surface area contributed by atoms with E-state index in [1.54, 1.807) is 43.5 Å². The minimum Gasteiger partial charge on any atom is -0.497 e. The smallest absolute Gasteiger partial charge is 0.266 e. The second-order valence-corrected chi connectivity index (χ2v) is 6.48. The quantitative estimate of drug-likeness (QED) is 0.449. The second-order valence-electron chi connectivity index (χ2n) is 5.56. The van der Waals surface area contributed by atoms with Gasteiger partial charge in [-0.2, -0.15) is 5.26 Å². The Morgan fingerprint density at radius 3 is 2.44 bits per heavy atom. The van der Waals surface area contributed by atoms with Gasteiger partial charge in [-0.3, -0.25) is 4.79 Å². The Morgan fingerprint density at radius 2 is 1.81 bits per heavy atom. The molecule has 0 saturated heterocycles. The summed E-state index contributed by atoms with van der Waals surface area (Å²) in [6, 6.07) is 19.9. The zero-order valence-electron chi connectivity index (χ0n) is 14.4. The van der Waals surface area contributed by atoms with E-state index >= 15 is 0 Å². The molecular weight excluding hydrogens is 408 g/mol. The van der Waals surface area contributed by atoms with Crippen molar-refractivity contribution in [2.24, 2.45) is 0 Å². The average Bonchev–Trinajstić information content (AvgIpc) is 3.16. The van der Waals surface area contributed by atoms with E-state index < -0.39 is 5.91 Å². The lowest BCUT2D eigenvalue weighted by atomic mass is 10.2. The molecule has 0 aliphatic carbocycles. The molecule has 1 heterocycles. The Kier molecular flexibility index (Phi) is 5.74. The maximum Gasteiger partial charge on any atom is 0.266 e. The minimum absolute atomic E-state index is 0.0532. The standard InChI is InChI=1S/C21H15BrN2O3/c1-26-18-8-6-17(7-9-18)24-21(25)15(13-23)12-19-10-11-20(27-19)14-2-4-16(22)5-3-14/h2-12H,1H3,(H,24,25)/b15-12+. The maximum atomic E-state index is 12.3. The molecule has 0 spiro atoms. The van der Waals surface area contributed by atoms with Crippen LogP contribution in [0.3, 0.4) is 0 Å². The highest BCUT2D eigenvalue weighted by Crippen LogP contribution is 2.25. The van der Waals surface area contributed by atoms with Gasteiger partial charge in [-0.1, -0.05) is 28.1 Å². The Labute approximate surface area is 165 Å². The number of amides is 1.